The Morgan fingerprint density at radius 1 is 0.401 bits per heavy atom. The number of rotatable bonds is 7. The largest absolute Gasteiger partial charge is 0.469 e. The SMILES string of the molecule is COC(=O)CC1OC(=O)C=C2[C@@]13O[C@@H]3[C@H]1OC(=O)[C@@]3(C)CCC[C@@]2(C)[C@@H]13.CO[C@@H]1OC(=O)C=C2[C@@]13O[C@@H]3[C@H]1OC(=O)[C@@]3(C)CCC[C@@]2(C)[C@@H]13.CO[C@H]1OC(=O)C[C@@H]2[C@@]3(C)CCC[C@]4(C)C(=O)O[C@H]([C@H]5O[C@]152)[C@H]34.CO[C@H]1OC(=O)C[C@H]2[C@@H]1[C@H](O)[C@H]1OC(=O)[C@@]3(C)CCC[C@@]2(C)[C@@H]13.C[C@@]12CCC[C@]3(C)/C(=C/CO)[C@]4(CO)O[C@@H]4[C@@H](OC1=O)[C@@H]23.C[C@@]12CCC[C@]3(C)C4=CC(=O)OC[C@]45O[C@@H]5[C@@H](OC1=O)[C@@H]23. The molecular formula is C102H128O35. The van der Waals surface area contributed by atoms with E-state index in [2.05, 4.69) is 41.5 Å². The molecular weight excluding hydrogens is 1790 g/mol. The summed E-state index contributed by atoms with van der Waals surface area (Å²) in [6, 6.07) is 0. The Labute approximate surface area is 792 Å². The first kappa shape index (κ1) is 92.8. The molecule has 25 fully saturated rings. The molecule has 0 aromatic carbocycles. The third-order valence-corrected chi connectivity index (χ3v) is 41.8. The van der Waals surface area contributed by atoms with Crippen LogP contribution in [0.15, 0.2) is 46.6 Å². The molecule has 746 valence electrons. The molecule has 1 unspecified atom stereocenters. The fraction of sp³-hybridized carbons (Fsp3) is 0.804. The lowest BCUT2D eigenvalue weighted by Crippen LogP contribution is -2.65. The summed E-state index contributed by atoms with van der Waals surface area (Å²) in [6.45, 7) is 25.0. The van der Waals surface area contributed by atoms with Crippen LogP contribution in [0.3, 0.4) is 0 Å². The van der Waals surface area contributed by atoms with Gasteiger partial charge in [0.05, 0.1) is 71.6 Å². The Kier molecular flexibility index (Phi) is 20.0. The van der Waals surface area contributed by atoms with Crippen LogP contribution in [0.2, 0.25) is 0 Å². The fourth-order valence-corrected chi connectivity index (χ4v) is 36.2. The summed E-state index contributed by atoms with van der Waals surface area (Å²) in [5.41, 5.74) is -4.33. The smallest absolute Gasteiger partial charge is 0.333 e. The van der Waals surface area contributed by atoms with Crippen molar-refractivity contribution in [3.05, 3.63) is 46.6 Å². The molecule has 4 spiro atoms. The third kappa shape index (κ3) is 11.5. The highest BCUT2D eigenvalue weighted by atomic mass is 16.8. The number of aliphatic hydroxyl groups is 3. The van der Waals surface area contributed by atoms with Crippen molar-refractivity contribution < 1.29 is 168 Å². The molecule has 137 heavy (non-hydrogen) atoms. The molecule has 0 bridgehead atoms. The topological polar surface area (TPSA) is 467 Å². The first-order valence-electron chi connectivity index (χ1n) is 49.8. The van der Waals surface area contributed by atoms with Gasteiger partial charge < -0.3 is 110 Å². The minimum atomic E-state index is -0.874. The molecule has 42 atom stereocenters. The number of hydrogen-bond acceptors (Lipinski definition) is 35. The van der Waals surface area contributed by atoms with Crippen molar-refractivity contribution in [2.24, 2.45) is 118 Å². The minimum absolute atomic E-state index is 0.0153. The average molecular weight is 1910 g/mol. The monoisotopic (exact) mass is 1910 g/mol. The second-order valence-corrected chi connectivity index (χ2v) is 48.0. The summed E-state index contributed by atoms with van der Waals surface area (Å²) < 4.78 is 112. The Balaban J connectivity index is 0.0000000924. The van der Waals surface area contributed by atoms with Gasteiger partial charge in [0.2, 0.25) is 18.9 Å². The molecule has 35 heteroatoms. The van der Waals surface area contributed by atoms with Crippen LogP contribution in [0.25, 0.3) is 0 Å². The zero-order chi connectivity index (χ0) is 97.1. The van der Waals surface area contributed by atoms with E-state index in [-0.39, 0.29) is 228 Å². The molecule has 0 amide bonds. The van der Waals surface area contributed by atoms with E-state index in [0.29, 0.717) is 6.42 Å². The summed E-state index contributed by atoms with van der Waals surface area (Å²) in [6.07, 6.45) is 16.1. The number of aliphatic hydroxyl groups excluding tert-OH is 3. The molecule has 28 rings (SSSR count). The van der Waals surface area contributed by atoms with Gasteiger partial charge in [0.1, 0.15) is 91.6 Å². The zero-order valence-electron chi connectivity index (χ0n) is 80.6. The van der Waals surface area contributed by atoms with Crippen molar-refractivity contribution >= 4 is 71.6 Å². The van der Waals surface area contributed by atoms with Gasteiger partial charge in [-0.3, -0.25) is 43.2 Å². The Morgan fingerprint density at radius 2 is 0.825 bits per heavy atom. The molecule has 3 N–H and O–H groups in total. The van der Waals surface area contributed by atoms with E-state index in [1.165, 1.54) is 34.5 Å². The zero-order valence-corrected chi connectivity index (χ0v) is 80.6. The number of epoxide rings is 5. The third-order valence-electron chi connectivity index (χ3n) is 41.8. The van der Waals surface area contributed by atoms with Crippen LogP contribution in [-0.2, 0) is 152 Å². The highest BCUT2D eigenvalue weighted by Gasteiger charge is 2.90. The van der Waals surface area contributed by atoms with Crippen molar-refractivity contribution in [1.82, 2.24) is 0 Å². The highest BCUT2D eigenvalue weighted by Crippen LogP contribution is 2.80. The number of hydrogen-bond donors (Lipinski definition) is 3. The van der Waals surface area contributed by atoms with Crippen molar-refractivity contribution in [1.29, 1.82) is 0 Å². The van der Waals surface area contributed by atoms with E-state index in [0.717, 1.165) is 138 Å². The number of esters is 12. The average Bonchev–Trinajstić information content (AvgIpc) is 1.49. The van der Waals surface area contributed by atoms with Gasteiger partial charge in [-0.1, -0.05) is 86.1 Å². The molecule has 12 aliphatic carbocycles. The number of carbonyl (C=O) groups excluding carboxylic acids is 12. The highest BCUT2D eigenvalue weighted by molar-refractivity contribution is 5.91. The van der Waals surface area contributed by atoms with Crippen LogP contribution in [0.4, 0.5) is 0 Å². The summed E-state index contributed by atoms with van der Waals surface area (Å²) in [7, 11) is 5.83. The maximum Gasteiger partial charge on any atom is 0.333 e. The number of methoxy groups -OCH3 is 4. The number of fused-ring (bicyclic) bond motifs is 12. The molecule has 0 radical (unpaired) electrons. The van der Waals surface area contributed by atoms with Crippen LogP contribution < -0.4 is 0 Å². The van der Waals surface area contributed by atoms with Crippen molar-refractivity contribution in [2.75, 3.05) is 48.3 Å². The van der Waals surface area contributed by atoms with Crippen molar-refractivity contribution in [3.63, 3.8) is 0 Å². The Hall–Kier alpha value is -7.84. The Morgan fingerprint density at radius 3 is 1.34 bits per heavy atom. The lowest BCUT2D eigenvalue weighted by molar-refractivity contribution is -0.266. The molecule has 35 nitrogen and oxygen atoms in total. The predicted octanol–water partition coefficient (Wildman–Crippen LogP) is 7.43. The van der Waals surface area contributed by atoms with Crippen LogP contribution in [0.5, 0.6) is 0 Å². The van der Waals surface area contributed by atoms with Gasteiger partial charge in [-0.25, -0.2) is 14.4 Å². The standard InChI is InChI=1S/C19H22O7.C17H22O6.C17H20O6.C17H24O6.C16H18O5.C16H22O5/c1-17-5-4-6-18(2)14(17)13(25-16(18)22)15-19(26-15)9(17)7-12(21)24-10(19)8-11(20)23-3;2*1-15-5-4-6-16(2)11(15)10(22-13(16)19)12-17(23-12)8(15)7-9(18)21-14(17)20-3;1-16-5-4-6-17(2)13(16)12(23-15(17)20)11(19)10-8(16)7-9(18)22-14(10)21-3;1-14-4-3-5-15(2)11(14)10(20-13(15)18)12-16(21-12)7-19-9(17)6-8(14)16;1-14-5-3-6-15(2)11(14)10(20-13(15)19)12-16(8-18,21-12)9(14)4-7-17/h7,10,13-15H,4-6,8H2,1-3H3;8,10-12,14H,4-7H2,1-3H3;7,10-12,14H,4-6H2,1-3H3;8,10-14,19H,4-7H2,1-3H3;6,10-12H,3-5,7H2,1-2H3;4,10-12,17-18H,3,5-8H2,1-2H3/b;;;;;9-4-/t10?,13-,14+,15+,17+,18-,19+;8-,10+,11-,12-,14+,15-,16+,17+;10-,11+,12+,14+,15+,16-,17-;8-,10+,11-,12+,13+,14-,16+,17-;2*10-,11+,12+,14+,15-,16-/m010000/s1. The van der Waals surface area contributed by atoms with Gasteiger partial charge in [-0.05, 0) is 179 Å². The van der Waals surface area contributed by atoms with Crippen molar-refractivity contribution in [3.8, 4) is 0 Å². The van der Waals surface area contributed by atoms with Gasteiger partial charge in [0, 0.05) is 87.4 Å². The minimum Gasteiger partial charge on any atom is -0.469 e. The van der Waals surface area contributed by atoms with Gasteiger partial charge in [0.25, 0.3) is 0 Å². The second-order valence-electron chi connectivity index (χ2n) is 48.0. The maximum atomic E-state index is 12.7. The van der Waals surface area contributed by atoms with Crippen molar-refractivity contribution in [2.45, 2.75) is 344 Å². The molecule has 13 saturated heterocycles. The maximum absolute atomic E-state index is 12.7. The number of carbonyl (C=O) groups is 12. The van der Waals surface area contributed by atoms with E-state index in [9.17, 15) is 72.9 Å². The first-order chi connectivity index (χ1) is 64.7. The molecule has 16 heterocycles. The summed E-state index contributed by atoms with van der Waals surface area (Å²) >= 11 is 0. The summed E-state index contributed by atoms with van der Waals surface area (Å²) in [5, 5.41) is 30.2. The van der Waals surface area contributed by atoms with Crippen LogP contribution in [0.1, 0.15) is 218 Å². The normalized spacial score (nSPS) is 55.4. The molecule has 0 aromatic rings. The van der Waals surface area contributed by atoms with Gasteiger partial charge in [-0.15, -0.1) is 0 Å². The lowest BCUT2D eigenvalue weighted by Gasteiger charge is -2.60. The lowest BCUT2D eigenvalue weighted by atomic mass is 9.44. The molecule has 12 saturated carbocycles. The number of ether oxygens (including phenoxy) is 20. The van der Waals surface area contributed by atoms with Gasteiger partial charge in [-0.2, -0.15) is 0 Å². The molecule has 28 aliphatic rings. The Bertz CT molecular complexity index is 5430. The van der Waals surface area contributed by atoms with Crippen LogP contribution in [0, 0.1) is 118 Å². The molecule has 16 aliphatic heterocycles. The quantitative estimate of drug-likeness (QED) is 0.0964. The molecule has 0 aromatic heterocycles. The second kappa shape index (κ2) is 29.5. The summed E-state index contributed by atoms with van der Waals surface area (Å²) in [5.74, 6) is -3.18. The van der Waals surface area contributed by atoms with Crippen LogP contribution in [-0.4, -0.2) is 261 Å². The summed E-state index contributed by atoms with van der Waals surface area (Å²) in [4.78, 5) is 147. The van der Waals surface area contributed by atoms with Crippen LogP contribution >= 0.6 is 0 Å². The number of cyclic esters (lactones) is 5. The van der Waals surface area contributed by atoms with Gasteiger partial charge in [0.15, 0.2) is 22.4 Å². The predicted molar refractivity (Wildman–Crippen MR) is 459 cm³/mol. The van der Waals surface area contributed by atoms with Gasteiger partial charge >= 0.3 is 71.6 Å². The van der Waals surface area contributed by atoms with E-state index >= 15 is 0 Å². The van der Waals surface area contributed by atoms with E-state index in [1.54, 1.807) is 18.2 Å². The first-order valence-corrected chi connectivity index (χ1v) is 49.8. The van der Waals surface area contributed by atoms with E-state index in [4.69, 9.17) is 94.7 Å². The van der Waals surface area contributed by atoms with E-state index < -0.39 is 121 Å². The van der Waals surface area contributed by atoms with E-state index in [1.807, 2.05) is 41.5 Å². The fourth-order valence-electron chi connectivity index (χ4n) is 36.2.